The summed E-state index contributed by atoms with van der Waals surface area (Å²) in [5.74, 6) is 1.24. The number of ether oxygens (including phenoxy) is 2. The molecule has 1 saturated carbocycles. The van der Waals surface area contributed by atoms with Crippen molar-refractivity contribution >= 4 is 0 Å². The van der Waals surface area contributed by atoms with Gasteiger partial charge in [-0.3, -0.25) is 0 Å². The van der Waals surface area contributed by atoms with E-state index in [-0.39, 0.29) is 17.6 Å². The zero-order valence-electron chi connectivity index (χ0n) is 15.1. The summed E-state index contributed by atoms with van der Waals surface area (Å²) in [5, 5.41) is 10.7. The summed E-state index contributed by atoms with van der Waals surface area (Å²) in [6, 6.07) is 7.98. The van der Waals surface area contributed by atoms with E-state index in [1.165, 1.54) is 0 Å². The van der Waals surface area contributed by atoms with E-state index in [4.69, 9.17) is 9.47 Å². The van der Waals surface area contributed by atoms with E-state index >= 15 is 0 Å². The van der Waals surface area contributed by atoms with Crippen LogP contribution in [0.4, 0.5) is 0 Å². The molecule has 1 N–H and O–H groups in total. The molecule has 1 aromatic carbocycles. The third-order valence-corrected chi connectivity index (χ3v) is 5.95. The van der Waals surface area contributed by atoms with Gasteiger partial charge in [0.25, 0.3) is 0 Å². The Balaban J connectivity index is 1.74. The lowest BCUT2D eigenvalue weighted by atomic mass is 9.75. The Hall–Kier alpha value is -1.32. The van der Waals surface area contributed by atoms with Gasteiger partial charge in [0.15, 0.2) is 0 Å². The number of methoxy groups -OCH3 is 1. The fraction of sp³-hybridized carbons (Fsp3) is 0.619. The highest BCUT2D eigenvalue weighted by Gasteiger charge is 2.45. The minimum Gasteiger partial charge on any atom is -0.497 e. The number of benzene rings is 1. The molecule has 1 unspecified atom stereocenters. The number of aliphatic hydroxyl groups excluding tert-OH is 1. The van der Waals surface area contributed by atoms with E-state index in [1.54, 1.807) is 12.7 Å². The van der Waals surface area contributed by atoms with Crippen LogP contribution in [0.25, 0.3) is 0 Å². The highest BCUT2D eigenvalue weighted by Crippen LogP contribution is 2.51. The van der Waals surface area contributed by atoms with E-state index in [0.29, 0.717) is 12.5 Å². The van der Waals surface area contributed by atoms with Crippen molar-refractivity contribution in [3.63, 3.8) is 0 Å². The molecule has 24 heavy (non-hydrogen) atoms. The summed E-state index contributed by atoms with van der Waals surface area (Å²) >= 11 is 0. The van der Waals surface area contributed by atoms with Gasteiger partial charge in [0.2, 0.25) is 0 Å². The summed E-state index contributed by atoms with van der Waals surface area (Å²) in [5.41, 5.74) is 2.80. The molecule has 0 saturated heterocycles. The molecule has 2 aliphatic rings. The Bertz CT molecular complexity index is 573. The predicted octanol–water partition coefficient (Wildman–Crippen LogP) is 4.49. The lowest BCUT2D eigenvalue weighted by Crippen LogP contribution is -2.40. The smallest absolute Gasteiger partial charge is 0.118 e. The minimum atomic E-state index is -0.377. The van der Waals surface area contributed by atoms with Crippen LogP contribution in [0.5, 0.6) is 5.75 Å². The summed E-state index contributed by atoms with van der Waals surface area (Å²) in [6.07, 6.45) is 7.14. The van der Waals surface area contributed by atoms with Crippen LogP contribution in [-0.2, 0) is 11.3 Å². The number of allylic oxidation sites excluding steroid dienone is 2. The Morgan fingerprint density at radius 3 is 2.62 bits per heavy atom. The molecule has 0 spiro atoms. The average Bonchev–Trinajstić information content (AvgIpc) is 2.88. The highest BCUT2D eigenvalue weighted by molar-refractivity contribution is 5.27. The number of hydrogen-bond acceptors (Lipinski definition) is 3. The molecule has 3 heteroatoms. The lowest BCUT2D eigenvalue weighted by Gasteiger charge is -2.37. The second kappa shape index (κ2) is 7.28. The van der Waals surface area contributed by atoms with Crippen LogP contribution in [0.15, 0.2) is 35.9 Å². The van der Waals surface area contributed by atoms with Crippen LogP contribution in [0.1, 0.15) is 51.5 Å². The van der Waals surface area contributed by atoms with Crippen molar-refractivity contribution in [2.24, 2.45) is 11.3 Å². The van der Waals surface area contributed by atoms with Gasteiger partial charge in [0.1, 0.15) is 5.75 Å². The van der Waals surface area contributed by atoms with E-state index in [9.17, 15) is 5.11 Å². The Kier molecular flexibility index (Phi) is 5.31. The van der Waals surface area contributed by atoms with E-state index in [1.807, 2.05) is 24.3 Å². The summed E-state index contributed by atoms with van der Waals surface area (Å²) in [4.78, 5) is 0. The van der Waals surface area contributed by atoms with Crippen LogP contribution in [0, 0.1) is 11.3 Å². The Labute approximate surface area is 145 Å². The lowest BCUT2D eigenvalue weighted by molar-refractivity contribution is -0.0947. The molecule has 2 aliphatic carbocycles. The summed E-state index contributed by atoms with van der Waals surface area (Å²) in [6.45, 7) is 5.17. The molecule has 3 atom stereocenters. The molecule has 0 radical (unpaired) electrons. The second-order valence-electron chi connectivity index (χ2n) is 7.72. The van der Waals surface area contributed by atoms with Gasteiger partial charge in [-0.25, -0.2) is 0 Å². The molecular formula is C21H30O3. The van der Waals surface area contributed by atoms with Crippen LogP contribution in [0.2, 0.25) is 0 Å². The molecule has 0 heterocycles. The normalized spacial score (nSPS) is 31.5. The predicted molar refractivity (Wildman–Crippen MR) is 96.0 cm³/mol. The monoisotopic (exact) mass is 330 g/mol. The van der Waals surface area contributed by atoms with Crippen molar-refractivity contribution in [2.75, 3.05) is 7.11 Å². The summed E-state index contributed by atoms with van der Waals surface area (Å²) < 4.78 is 11.5. The molecule has 3 nitrogen and oxygen atoms in total. The quantitative estimate of drug-likeness (QED) is 0.827. The van der Waals surface area contributed by atoms with E-state index in [2.05, 4.69) is 19.9 Å². The molecule has 0 aliphatic heterocycles. The summed E-state index contributed by atoms with van der Waals surface area (Å²) in [7, 11) is 1.67. The van der Waals surface area contributed by atoms with Gasteiger partial charge < -0.3 is 14.6 Å². The maximum Gasteiger partial charge on any atom is 0.118 e. The van der Waals surface area contributed by atoms with Crippen molar-refractivity contribution in [3.05, 3.63) is 41.5 Å². The van der Waals surface area contributed by atoms with Crippen molar-refractivity contribution < 1.29 is 14.6 Å². The topological polar surface area (TPSA) is 38.7 Å². The van der Waals surface area contributed by atoms with Crippen LogP contribution in [0.3, 0.4) is 0 Å². The molecule has 132 valence electrons. The molecule has 0 amide bonds. The SMILES string of the molecule is COc1ccc(CO[C@@H]2C3CC/C(=C\CCC[C@@H]2O)C3(C)C)cc1. The van der Waals surface area contributed by atoms with Crippen molar-refractivity contribution in [3.8, 4) is 5.75 Å². The largest absolute Gasteiger partial charge is 0.497 e. The van der Waals surface area contributed by atoms with Gasteiger partial charge >= 0.3 is 0 Å². The molecular weight excluding hydrogens is 300 g/mol. The van der Waals surface area contributed by atoms with Crippen LogP contribution < -0.4 is 4.74 Å². The first-order valence-electron chi connectivity index (χ1n) is 9.14. The number of fused-ring (bicyclic) bond motifs is 2. The molecule has 1 aromatic rings. The maximum absolute atomic E-state index is 10.7. The fourth-order valence-electron chi connectivity index (χ4n) is 4.35. The first-order chi connectivity index (χ1) is 11.5. The van der Waals surface area contributed by atoms with Gasteiger partial charge in [0, 0.05) is 0 Å². The number of hydrogen-bond donors (Lipinski definition) is 1. The van der Waals surface area contributed by atoms with Gasteiger partial charge in [-0.2, -0.15) is 0 Å². The van der Waals surface area contributed by atoms with Gasteiger partial charge in [-0.1, -0.05) is 37.6 Å². The third kappa shape index (κ3) is 3.52. The molecule has 3 rings (SSSR count). The minimum absolute atomic E-state index is 0.0916. The standard InChI is InChI=1S/C21H30O3/c1-21(2)16-6-4-5-7-19(22)20(18(21)13-10-16)24-14-15-8-11-17(23-3)12-9-15/h6,8-9,11-12,18-20,22H,4-5,7,10,13-14H2,1-3H3/b16-6+/t18?,19-,20+/m0/s1. The van der Waals surface area contributed by atoms with Gasteiger partial charge in [0.05, 0.1) is 25.9 Å². The zero-order chi connectivity index (χ0) is 17.2. The van der Waals surface area contributed by atoms with Crippen molar-refractivity contribution in [1.29, 1.82) is 0 Å². The van der Waals surface area contributed by atoms with Crippen molar-refractivity contribution in [2.45, 2.75) is 64.8 Å². The molecule has 0 aromatic heterocycles. The second-order valence-corrected chi connectivity index (χ2v) is 7.72. The first-order valence-corrected chi connectivity index (χ1v) is 9.14. The zero-order valence-corrected chi connectivity index (χ0v) is 15.1. The van der Waals surface area contributed by atoms with Crippen molar-refractivity contribution in [1.82, 2.24) is 0 Å². The Morgan fingerprint density at radius 2 is 1.92 bits per heavy atom. The Morgan fingerprint density at radius 1 is 1.17 bits per heavy atom. The van der Waals surface area contributed by atoms with Crippen LogP contribution in [-0.4, -0.2) is 24.4 Å². The molecule has 1 fully saturated rings. The first kappa shape index (κ1) is 17.5. The number of rotatable bonds is 4. The van der Waals surface area contributed by atoms with E-state index in [0.717, 1.165) is 43.4 Å². The molecule has 2 bridgehead atoms. The highest BCUT2D eigenvalue weighted by atomic mass is 16.5. The number of aliphatic hydroxyl groups is 1. The van der Waals surface area contributed by atoms with Gasteiger partial charge in [-0.15, -0.1) is 0 Å². The van der Waals surface area contributed by atoms with Crippen LogP contribution >= 0.6 is 0 Å². The fourth-order valence-corrected chi connectivity index (χ4v) is 4.35. The maximum atomic E-state index is 10.7. The average molecular weight is 330 g/mol. The third-order valence-electron chi connectivity index (χ3n) is 5.95. The van der Waals surface area contributed by atoms with E-state index < -0.39 is 0 Å². The van der Waals surface area contributed by atoms with Gasteiger partial charge in [-0.05, 0) is 61.1 Å².